The number of rotatable bonds is 3. The lowest BCUT2D eigenvalue weighted by Gasteiger charge is -2.30. The van der Waals surface area contributed by atoms with Crippen molar-refractivity contribution < 1.29 is 4.79 Å². The van der Waals surface area contributed by atoms with Gasteiger partial charge in [-0.2, -0.15) is 5.10 Å². The van der Waals surface area contributed by atoms with Crippen LogP contribution in [0.15, 0.2) is 35.4 Å². The summed E-state index contributed by atoms with van der Waals surface area (Å²) >= 11 is 0. The zero-order chi connectivity index (χ0) is 14.8. The average Bonchev–Trinajstić information content (AvgIpc) is 2.43. The van der Waals surface area contributed by atoms with Gasteiger partial charge in [-0.15, -0.1) is 0 Å². The van der Waals surface area contributed by atoms with Gasteiger partial charge in [-0.25, -0.2) is 9.67 Å². The van der Waals surface area contributed by atoms with Crippen molar-refractivity contribution in [3.63, 3.8) is 0 Å². The van der Waals surface area contributed by atoms with Crippen LogP contribution < -0.4 is 10.9 Å². The molecule has 21 heavy (non-hydrogen) atoms. The van der Waals surface area contributed by atoms with E-state index in [0.29, 0.717) is 17.1 Å². The van der Waals surface area contributed by atoms with Crippen molar-refractivity contribution >= 4 is 17.4 Å². The molecule has 3 rings (SSSR count). The normalized spacial score (nSPS) is 13.7. The summed E-state index contributed by atoms with van der Waals surface area (Å²) in [4.78, 5) is 29.8. The number of aromatic nitrogens is 3. The first kappa shape index (κ1) is 13.3. The molecule has 108 valence electrons. The molecule has 1 aliphatic rings. The quantitative estimate of drug-likeness (QED) is 0.900. The number of nitrogens with zero attached hydrogens (tertiary/aromatic N) is 4. The molecule has 0 bridgehead atoms. The number of amides is 1. The molecule has 0 radical (unpaired) electrons. The first-order chi connectivity index (χ1) is 10.1. The Labute approximate surface area is 121 Å². The van der Waals surface area contributed by atoms with Gasteiger partial charge in [-0.05, 0) is 24.6 Å². The lowest BCUT2D eigenvalue weighted by molar-refractivity contribution is 0.0651. The van der Waals surface area contributed by atoms with Gasteiger partial charge in [0.2, 0.25) is 0 Å². The summed E-state index contributed by atoms with van der Waals surface area (Å²) in [6.45, 7) is 1.62. The highest BCUT2D eigenvalue weighted by Gasteiger charge is 2.21. The van der Waals surface area contributed by atoms with Gasteiger partial charge in [0.1, 0.15) is 11.5 Å². The fraction of sp³-hybridized carbons (Fsp3) is 0.286. The number of aryl methyl sites for hydroxylation is 1. The predicted octanol–water partition coefficient (Wildman–Crippen LogP) is 0.765. The van der Waals surface area contributed by atoms with E-state index < -0.39 is 0 Å². The number of carbonyl (C=O) groups excluding carboxylic acids is 1. The summed E-state index contributed by atoms with van der Waals surface area (Å²) in [6.07, 6.45) is 4.12. The number of pyridine rings is 1. The van der Waals surface area contributed by atoms with Crippen LogP contribution >= 0.6 is 0 Å². The fourth-order valence-electron chi connectivity index (χ4n) is 2.04. The standard InChI is InChI=1S/C14H15N5O2/c1-18-14(21)11(5-6-16-18)17-12-4-3-10(9-15-12)13(20)19-7-2-8-19/h3-6,9H,2,7-8H2,1H3,(H,15,17). The van der Waals surface area contributed by atoms with E-state index in [1.165, 1.54) is 17.1 Å². The second-order valence-corrected chi connectivity index (χ2v) is 4.88. The van der Waals surface area contributed by atoms with E-state index in [1.807, 2.05) is 0 Å². The van der Waals surface area contributed by atoms with Crippen LogP contribution in [-0.4, -0.2) is 38.7 Å². The van der Waals surface area contributed by atoms with E-state index in [2.05, 4.69) is 15.4 Å². The Balaban J connectivity index is 1.76. The molecular formula is C14H15N5O2. The minimum Gasteiger partial charge on any atom is -0.338 e. The number of hydrogen-bond donors (Lipinski definition) is 1. The Morgan fingerprint density at radius 3 is 2.71 bits per heavy atom. The first-order valence-corrected chi connectivity index (χ1v) is 6.70. The van der Waals surface area contributed by atoms with E-state index in [-0.39, 0.29) is 11.5 Å². The molecule has 1 amide bonds. The largest absolute Gasteiger partial charge is 0.338 e. The van der Waals surface area contributed by atoms with Gasteiger partial charge in [0.15, 0.2) is 0 Å². The second kappa shape index (κ2) is 5.35. The molecule has 7 heteroatoms. The van der Waals surface area contributed by atoms with Crippen molar-refractivity contribution in [2.75, 3.05) is 18.4 Å². The topological polar surface area (TPSA) is 80.1 Å². The van der Waals surface area contributed by atoms with Crippen molar-refractivity contribution in [1.82, 2.24) is 19.7 Å². The average molecular weight is 285 g/mol. The molecule has 7 nitrogen and oxygen atoms in total. The van der Waals surface area contributed by atoms with Crippen molar-refractivity contribution in [2.45, 2.75) is 6.42 Å². The molecule has 1 aliphatic heterocycles. The third-order valence-electron chi connectivity index (χ3n) is 3.42. The van der Waals surface area contributed by atoms with E-state index in [4.69, 9.17) is 0 Å². The van der Waals surface area contributed by atoms with Crippen LogP contribution in [0.5, 0.6) is 0 Å². The van der Waals surface area contributed by atoms with Gasteiger partial charge in [0.05, 0.1) is 5.56 Å². The van der Waals surface area contributed by atoms with Crippen LogP contribution in [0.25, 0.3) is 0 Å². The highest BCUT2D eigenvalue weighted by atomic mass is 16.2. The molecular weight excluding hydrogens is 270 g/mol. The highest BCUT2D eigenvalue weighted by Crippen LogP contribution is 2.14. The summed E-state index contributed by atoms with van der Waals surface area (Å²) < 4.78 is 1.24. The maximum absolute atomic E-state index is 12.0. The SMILES string of the molecule is Cn1nccc(Nc2ccc(C(=O)N3CCC3)cn2)c1=O. The molecule has 0 unspecified atom stereocenters. The summed E-state index contributed by atoms with van der Waals surface area (Å²) in [5.41, 5.74) is 0.713. The highest BCUT2D eigenvalue weighted by molar-refractivity contribution is 5.94. The number of likely N-dealkylation sites (tertiary alicyclic amines) is 1. The molecule has 0 atom stereocenters. The third-order valence-corrected chi connectivity index (χ3v) is 3.42. The second-order valence-electron chi connectivity index (χ2n) is 4.88. The Kier molecular flexibility index (Phi) is 3.39. The predicted molar refractivity (Wildman–Crippen MR) is 77.5 cm³/mol. The number of carbonyl (C=O) groups is 1. The maximum atomic E-state index is 12.0. The van der Waals surface area contributed by atoms with Gasteiger partial charge in [0.25, 0.3) is 11.5 Å². The Morgan fingerprint density at radius 1 is 1.29 bits per heavy atom. The van der Waals surface area contributed by atoms with Gasteiger partial charge in [-0.1, -0.05) is 0 Å². The molecule has 1 fully saturated rings. The monoisotopic (exact) mass is 285 g/mol. The van der Waals surface area contributed by atoms with Gasteiger partial charge < -0.3 is 10.2 Å². The van der Waals surface area contributed by atoms with E-state index in [1.54, 1.807) is 30.1 Å². The van der Waals surface area contributed by atoms with Gasteiger partial charge in [0, 0.05) is 32.5 Å². The minimum atomic E-state index is -0.236. The molecule has 0 aliphatic carbocycles. The fourth-order valence-corrected chi connectivity index (χ4v) is 2.04. The van der Waals surface area contributed by atoms with Crippen molar-refractivity contribution in [3.8, 4) is 0 Å². The van der Waals surface area contributed by atoms with Crippen LogP contribution in [0.1, 0.15) is 16.8 Å². The molecule has 2 aromatic heterocycles. The summed E-state index contributed by atoms with van der Waals surface area (Å²) in [7, 11) is 1.58. The van der Waals surface area contributed by atoms with Crippen LogP contribution in [0.4, 0.5) is 11.5 Å². The molecule has 1 N–H and O–H groups in total. The lowest BCUT2D eigenvalue weighted by atomic mass is 10.1. The van der Waals surface area contributed by atoms with E-state index >= 15 is 0 Å². The molecule has 0 aromatic carbocycles. The number of hydrogen-bond acceptors (Lipinski definition) is 5. The van der Waals surface area contributed by atoms with Crippen molar-refractivity contribution in [2.24, 2.45) is 7.05 Å². The summed E-state index contributed by atoms with van der Waals surface area (Å²) in [5.74, 6) is 0.513. The first-order valence-electron chi connectivity index (χ1n) is 6.70. The zero-order valence-corrected chi connectivity index (χ0v) is 11.6. The number of nitrogens with one attached hydrogen (secondary N) is 1. The van der Waals surface area contributed by atoms with Crippen molar-refractivity contribution in [1.29, 1.82) is 0 Å². The lowest BCUT2D eigenvalue weighted by Crippen LogP contribution is -2.42. The van der Waals surface area contributed by atoms with E-state index in [9.17, 15) is 9.59 Å². The maximum Gasteiger partial charge on any atom is 0.290 e. The Hall–Kier alpha value is -2.70. The van der Waals surface area contributed by atoms with Gasteiger partial charge in [-0.3, -0.25) is 9.59 Å². The zero-order valence-electron chi connectivity index (χ0n) is 11.6. The smallest absolute Gasteiger partial charge is 0.290 e. The molecule has 0 spiro atoms. The molecule has 1 saturated heterocycles. The molecule has 2 aromatic rings. The molecule has 0 saturated carbocycles. The Bertz CT molecular complexity index is 719. The third kappa shape index (κ3) is 2.62. The van der Waals surface area contributed by atoms with E-state index in [0.717, 1.165) is 19.5 Å². The van der Waals surface area contributed by atoms with Crippen LogP contribution in [-0.2, 0) is 7.05 Å². The van der Waals surface area contributed by atoms with Crippen LogP contribution in [0, 0.1) is 0 Å². The number of anilines is 2. The Morgan fingerprint density at radius 2 is 2.10 bits per heavy atom. The van der Waals surface area contributed by atoms with Crippen LogP contribution in [0.3, 0.4) is 0 Å². The van der Waals surface area contributed by atoms with Crippen molar-refractivity contribution in [3.05, 3.63) is 46.5 Å². The summed E-state index contributed by atoms with van der Waals surface area (Å²) in [5, 5.41) is 6.77. The molecule has 3 heterocycles. The van der Waals surface area contributed by atoms with Gasteiger partial charge >= 0.3 is 0 Å². The minimum absolute atomic E-state index is 0.000116. The van der Waals surface area contributed by atoms with Crippen LogP contribution in [0.2, 0.25) is 0 Å². The summed E-state index contributed by atoms with van der Waals surface area (Å²) in [6, 6.07) is 4.98.